The molecule has 1 fully saturated rings. The average molecular weight is 252 g/mol. The van der Waals surface area contributed by atoms with Gasteiger partial charge in [-0.3, -0.25) is 9.58 Å². The maximum absolute atomic E-state index is 8.88. The third kappa shape index (κ3) is 3.54. The van der Waals surface area contributed by atoms with Crippen LogP contribution in [0.25, 0.3) is 0 Å². The molecule has 0 radical (unpaired) electrons. The quantitative estimate of drug-likeness (QED) is 0.772. The smallest absolute Gasteiger partial charge is 0.0640 e. The summed E-state index contributed by atoms with van der Waals surface area (Å²) in [4.78, 5) is 2.54. The van der Waals surface area contributed by atoms with E-state index in [2.05, 4.69) is 15.3 Å². The second-order valence-electron chi connectivity index (χ2n) is 5.01. The Balaban J connectivity index is 1.92. The molecule has 5 nitrogen and oxygen atoms in total. The van der Waals surface area contributed by atoms with E-state index in [0.29, 0.717) is 12.6 Å². The molecular formula is C13H24N4O. The molecule has 18 heavy (non-hydrogen) atoms. The van der Waals surface area contributed by atoms with E-state index in [1.54, 1.807) is 0 Å². The Bertz CT molecular complexity index is 351. The van der Waals surface area contributed by atoms with Gasteiger partial charge >= 0.3 is 0 Å². The molecule has 1 aromatic rings. The molecule has 2 N–H and O–H groups in total. The summed E-state index contributed by atoms with van der Waals surface area (Å²) in [5, 5.41) is 16.4. The first-order chi connectivity index (χ1) is 8.83. The minimum absolute atomic E-state index is 0.146. The molecule has 0 aliphatic carbocycles. The minimum Gasteiger partial charge on any atom is -0.394 e. The molecule has 1 aliphatic heterocycles. The second kappa shape index (κ2) is 6.87. The molecule has 102 valence electrons. The highest BCUT2D eigenvalue weighted by Gasteiger charge is 2.21. The SMILES string of the molecule is CNCC1CCCCN1Cc1cnn(CCO)c1. The summed E-state index contributed by atoms with van der Waals surface area (Å²) in [5.41, 5.74) is 1.24. The standard InChI is InChI=1S/C13H24N4O/c1-14-9-13-4-2-3-5-16(13)10-12-8-15-17(11-12)6-7-18/h8,11,13-14,18H,2-7,9-10H2,1H3. The van der Waals surface area contributed by atoms with Gasteiger partial charge < -0.3 is 10.4 Å². The van der Waals surface area contributed by atoms with Crippen molar-refractivity contribution in [1.82, 2.24) is 20.0 Å². The largest absolute Gasteiger partial charge is 0.394 e. The number of nitrogens with one attached hydrogen (secondary N) is 1. The Labute approximate surface area is 109 Å². The summed E-state index contributed by atoms with van der Waals surface area (Å²) in [5.74, 6) is 0. The number of aliphatic hydroxyl groups is 1. The van der Waals surface area contributed by atoms with Crippen LogP contribution in [0, 0.1) is 0 Å². The Morgan fingerprint density at radius 1 is 1.50 bits per heavy atom. The number of aromatic nitrogens is 2. The highest BCUT2D eigenvalue weighted by Crippen LogP contribution is 2.18. The predicted octanol–water partition coefficient (Wildman–Crippen LogP) is 0.449. The lowest BCUT2D eigenvalue weighted by molar-refractivity contribution is 0.139. The fourth-order valence-corrected chi connectivity index (χ4v) is 2.68. The Kier molecular flexibility index (Phi) is 5.16. The van der Waals surface area contributed by atoms with Crippen molar-refractivity contribution in [3.8, 4) is 0 Å². The Morgan fingerprint density at radius 3 is 3.17 bits per heavy atom. The van der Waals surface area contributed by atoms with Crippen LogP contribution in [0.15, 0.2) is 12.4 Å². The zero-order chi connectivity index (χ0) is 12.8. The summed E-state index contributed by atoms with van der Waals surface area (Å²) < 4.78 is 1.81. The second-order valence-corrected chi connectivity index (χ2v) is 5.01. The molecule has 5 heteroatoms. The van der Waals surface area contributed by atoms with Crippen LogP contribution in [0.1, 0.15) is 24.8 Å². The monoisotopic (exact) mass is 252 g/mol. The molecule has 0 aromatic carbocycles. The first-order valence-electron chi connectivity index (χ1n) is 6.84. The topological polar surface area (TPSA) is 53.3 Å². The maximum Gasteiger partial charge on any atom is 0.0640 e. The summed E-state index contributed by atoms with van der Waals surface area (Å²) in [6.07, 6.45) is 7.88. The van der Waals surface area contributed by atoms with Crippen molar-refractivity contribution >= 4 is 0 Å². The lowest BCUT2D eigenvalue weighted by Crippen LogP contribution is -2.44. The van der Waals surface area contributed by atoms with Crippen LogP contribution in [-0.4, -0.2) is 52.6 Å². The fourth-order valence-electron chi connectivity index (χ4n) is 2.68. The first-order valence-corrected chi connectivity index (χ1v) is 6.84. The van der Waals surface area contributed by atoms with Gasteiger partial charge in [0.25, 0.3) is 0 Å². The van der Waals surface area contributed by atoms with Gasteiger partial charge in [-0.15, -0.1) is 0 Å². The summed E-state index contributed by atoms with van der Waals surface area (Å²) in [7, 11) is 2.02. The van der Waals surface area contributed by atoms with Gasteiger partial charge in [0.15, 0.2) is 0 Å². The summed E-state index contributed by atoms with van der Waals surface area (Å²) >= 11 is 0. The molecular weight excluding hydrogens is 228 g/mol. The number of nitrogens with zero attached hydrogens (tertiary/aromatic N) is 3. The van der Waals surface area contributed by atoms with E-state index in [0.717, 1.165) is 13.1 Å². The number of likely N-dealkylation sites (N-methyl/N-ethyl adjacent to an activating group) is 1. The van der Waals surface area contributed by atoms with Crippen molar-refractivity contribution in [1.29, 1.82) is 0 Å². The van der Waals surface area contributed by atoms with E-state index in [4.69, 9.17) is 5.11 Å². The van der Waals surface area contributed by atoms with Gasteiger partial charge in [-0.1, -0.05) is 6.42 Å². The van der Waals surface area contributed by atoms with Gasteiger partial charge in [-0.2, -0.15) is 5.10 Å². The fraction of sp³-hybridized carbons (Fsp3) is 0.769. The molecule has 1 saturated heterocycles. The van der Waals surface area contributed by atoms with Crippen LogP contribution in [0.2, 0.25) is 0 Å². The lowest BCUT2D eigenvalue weighted by Gasteiger charge is -2.35. The number of hydrogen-bond acceptors (Lipinski definition) is 4. The number of aliphatic hydroxyl groups excluding tert-OH is 1. The predicted molar refractivity (Wildman–Crippen MR) is 71.3 cm³/mol. The molecule has 1 atom stereocenters. The summed E-state index contributed by atoms with van der Waals surface area (Å²) in [6.45, 7) is 3.94. The van der Waals surface area contributed by atoms with E-state index in [1.807, 2.05) is 24.1 Å². The number of piperidine rings is 1. The van der Waals surface area contributed by atoms with Crippen molar-refractivity contribution in [2.75, 3.05) is 26.7 Å². The Morgan fingerprint density at radius 2 is 2.39 bits per heavy atom. The van der Waals surface area contributed by atoms with Gasteiger partial charge in [-0.05, 0) is 26.4 Å². The van der Waals surface area contributed by atoms with Crippen LogP contribution in [-0.2, 0) is 13.1 Å². The maximum atomic E-state index is 8.88. The molecule has 1 aromatic heterocycles. The van der Waals surface area contributed by atoms with E-state index in [1.165, 1.54) is 31.4 Å². The van der Waals surface area contributed by atoms with Crippen LogP contribution in [0.4, 0.5) is 0 Å². The van der Waals surface area contributed by atoms with Crippen molar-refractivity contribution in [3.63, 3.8) is 0 Å². The van der Waals surface area contributed by atoms with E-state index >= 15 is 0 Å². The van der Waals surface area contributed by atoms with Crippen molar-refractivity contribution < 1.29 is 5.11 Å². The molecule has 1 unspecified atom stereocenters. The average Bonchev–Trinajstić information content (AvgIpc) is 2.80. The van der Waals surface area contributed by atoms with Gasteiger partial charge in [0, 0.05) is 30.9 Å². The zero-order valence-corrected chi connectivity index (χ0v) is 11.2. The van der Waals surface area contributed by atoms with Gasteiger partial charge in [-0.25, -0.2) is 0 Å². The number of likely N-dealkylation sites (tertiary alicyclic amines) is 1. The molecule has 2 heterocycles. The molecule has 0 amide bonds. The normalized spacial score (nSPS) is 21.3. The summed E-state index contributed by atoms with van der Waals surface area (Å²) in [6, 6.07) is 0.643. The third-order valence-electron chi connectivity index (χ3n) is 3.59. The minimum atomic E-state index is 0.146. The third-order valence-corrected chi connectivity index (χ3v) is 3.59. The Hall–Kier alpha value is -0.910. The lowest BCUT2D eigenvalue weighted by atomic mass is 10.0. The zero-order valence-electron chi connectivity index (χ0n) is 11.2. The van der Waals surface area contributed by atoms with Crippen LogP contribution in [0.3, 0.4) is 0 Å². The molecule has 2 rings (SSSR count). The van der Waals surface area contributed by atoms with Gasteiger partial charge in [0.1, 0.15) is 0 Å². The van der Waals surface area contributed by atoms with Crippen LogP contribution < -0.4 is 5.32 Å². The molecule has 0 saturated carbocycles. The van der Waals surface area contributed by atoms with E-state index in [9.17, 15) is 0 Å². The molecule has 0 bridgehead atoms. The van der Waals surface area contributed by atoms with Gasteiger partial charge in [0.05, 0.1) is 19.3 Å². The van der Waals surface area contributed by atoms with Crippen LogP contribution in [0.5, 0.6) is 0 Å². The highest BCUT2D eigenvalue weighted by molar-refractivity contribution is 5.04. The number of rotatable bonds is 6. The van der Waals surface area contributed by atoms with E-state index < -0.39 is 0 Å². The van der Waals surface area contributed by atoms with Crippen molar-refractivity contribution in [3.05, 3.63) is 18.0 Å². The van der Waals surface area contributed by atoms with Gasteiger partial charge in [0.2, 0.25) is 0 Å². The van der Waals surface area contributed by atoms with Crippen molar-refractivity contribution in [2.45, 2.75) is 38.4 Å². The molecule has 1 aliphatic rings. The first kappa shape index (κ1) is 13.5. The van der Waals surface area contributed by atoms with Crippen LogP contribution >= 0.6 is 0 Å². The number of hydrogen-bond donors (Lipinski definition) is 2. The van der Waals surface area contributed by atoms with Crippen molar-refractivity contribution in [2.24, 2.45) is 0 Å². The van der Waals surface area contributed by atoms with E-state index in [-0.39, 0.29) is 6.61 Å². The molecule has 0 spiro atoms. The highest BCUT2D eigenvalue weighted by atomic mass is 16.3.